The zero-order chi connectivity index (χ0) is 7.45. The van der Waals surface area contributed by atoms with E-state index in [1.54, 1.807) is 0 Å². The van der Waals surface area contributed by atoms with Crippen LogP contribution >= 0.6 is 12.6 Å². The number of ether oxygens (including phenoxy) is 1. The van der Waals surface area contributed by atoms with E-state index in [-0.39, 0.29) is 0 Å². The van der Waals surface area contributed by atoms with Gasteiger partial charge in [0.15, 0.2) is 4.93 Å². The molecule has 0 spiro atoms. The second kappa shape index (κ2) is 3.28. The minimum absolute atomic E-state index is 0.444. The van der Waals surface area contributed by atoms with Gasteiger partial charge in [0, 0.05) is 0 Å². The molecule has 58 valence electrons. The fourth-order valence-electron chi connectivity index (χ4n) is 1.31. The average Bonchev–Trinajstić information content (AvgIpc) is 1.89. The number of hydrogen-bond acceptors (Lipinski definition) is 3. The van der Waals surface area contributed by atoms with Crippen molar-refractivity contribution in [1.29, 1.82) is 0 Å². The first kappa shape index (κ1) is 7.92. The van der Waals surface area contributed by atoms with Crippen molar-refractivity contribution in [3.05, 3.63) is 0 Å². The molecule has 1 rings (SSSR count). The molecule has 1 saturated carbocycles. The third-order valence-electron chi connectivity index (χ3n) is 1.90. The van der Waals surface area contributed by atoms with E-state index in [9.17, 15) is 4.79 Å². The van der Waals surface area contributed by atoms with Crippen LogP contribution in [0.15, 0.2) is 0 Å². The fraction of sp³-hybridized carbons (Fsp3) is 0.857. The van der Waals surface area contributed by atoms with E-state index in [0.29, 0.717) is 6.47 Å². The van der Waals surface area contributed by atoms with Crippen LogP contribution in [0, 0.1) is 0 Å². The maximum absolute atomic E-state index is 10.0. The van der Waals surface area contributed by atoms with Gasteiger partial charge in [0.05, 0.1) is 0 Å². The fourth-order valence-corrected chi connectivity index (χ4v) is 1.67. The molecule has 0 aliphatic heterocycles. The highest BCUT2D eigenvalue weighted by atomic mass is 32.1. The highest BCUT2D eigenvalue weighted by Gasteiger charge is 2.28. The summed E-state index contributed by atoms with van der Waals surface area (Å²) in [6, 6.07) is 0. The van der Waals surface area contributed by atoms with Crippen molar-refractivity contribution in [3.8, 4) is 0 Å². The van der Waals surface area contributed by atoms with Crippen LogP contribution in [0.2, 0.25) is 0 Å². The summed E-state index contributed by atoms with van der Waals surface area (Å²) in [5.74, 6) is 0. The standard InChI is InChI=1S/C7H12O2S/c8-6-9-7(10)4-2-1-3-5-7/h6,10H,1-5H2. The number of carbonyl (C=O) groups excluding carboxylic acids is 1. The Hall–Kier alpha value is -0.180. The summed E-state index contributed by atoms with van der Waals surface area (Å²) in [6.07, 6.45) is 5.28. The van der Waals surface area contributed by atoms with Crippen LogP contribution in [0.4, 0.5) is 0 Å². The van der Waals surface area contributed by atoms with Gasteiger partial charge in [-0.1, -0.05) is 6.42 Å². The average molecular weight is 160 g/mol. The Labute approximate surface area is 66.4 Å². The zero-order valence-electron chi connectivity index (χ0n) is 5.88. The Bertz CT molecular complexity index is 119. The van der Waals surface area contributed by atoms with Gasteiger partial charge in [0.25, 0.3) is 6.47 Å². The normalized spacial score (nSPS) is 23.7. The number of hydrogen-bond donors (Lipinski definition) is 1. The Morgan fingerprint density at radius 1 is 1.30 bits per heavy atom. The van der Waals surface area contributed by atoms with E-state index in [2.05, 4.69) is 12.6 Å². The minimum Gasteiger partial charge on any atom is -0.450 e. The summed E-state index contributed by atoms with van der Waals surface area (Å²) in [7, 11) is 0. The van der Waals surface area contributed by atoms with E-state index < -0.39 is 4.93 Å². The van der Waals surface area contributed by atoms with Crippen molar-refractivity contribution in [2.24, 2.45) is 0 Å². The minimum atomic E-state index is -0.444. The molecule has 0 aromatic heterocycles. The molecule has 1 fully saturated rings. The Morgan fingerprint density at radius 3 is 2.40 bits per heavy atom. The van der Waals surface area contributed by atoms with Crippen molar-refractivity contribution < 1.29 is 9.53 Å². The topological polar surface area (TPSA) is 26.3 Å². The summed E-state index contributed by atoms with van der Waals surface area (Å²) in [6.45, 7) is 0.498. The lowest BCUT2D eigenvalue weighted by atomic mass is 9.97. The molecule has 1 aliphatic rings. The van der Waals surface area contributed by atoms with Gasteiger partial charge in [0.2, 0.25) is 0 Å². The second-order valence-corrected chi connectivity index (χ2v) is 3.54. The quantitative estimate of drug-likeness (QED) is 0.378. The second-order valence-electron chi connectivity index (χ2n) is 2.72. The van der Waals surface area contributed by atoms with Crippen LogP contribution in [0.25, 0.3) is 0 Å². The lowest BCUT2D eigenvalue weighted by molar-refractivity contribution is -0.137. The summed E-state index contributed by atoms with van der Waals surface area (Å²) in [4.78, 5) is 9.56. The molecule has 0 bridgehead atoms. The molecular weight excluding hydrogens is 148 g/mol. The summed E-state index contributed by atoms with van der Waals surface area (Å²) in [5, 5.41) is 0. The van der Waals surface area contributed by atoms with Gasteiger partial charge in [0.1, 0.15) is 0 Å². The van der Waals surface area contributed by atoms with Gasteiger partial charge >= 0.3 is 0 Å². The molecular formula is C7H12O2S. The molecule has 0 saturated heterocycles. The Balaban J connectivity index is 2.39. The lowest BCUT2D eigenvalue weighted by Crippen LogP contribution is -2.27. The lowest BCUT2D eigenvalue weighted by Gasteiger charge is -2.30. The smallest absolute Gasteiger partial charge is 0.294 e. The molecule has 0 aromatic rings. The SMILES string of the molecule is O=COC1(S)CCCCC1. The summed E-state index contributed by atoms with van der Waals surface area (Å²) >= 11 is 4.28. The molecule has 0 amide bonds. The first-order valence-electron chi connectivity index (χ1n) is 3.61. The van der Waals surface area contributed by atoms with Crippen molar-refractivity contribution >= 4 is 19.1 Å². The van der Waals surface area contributed by atoms with Crippen LogP contribution in [-0.4, -0.2) is 11.4 Å². The maximum atomic E-state index is 10.0. The van der Waals surface area contributed by atoms with E-state index in [4.69, 9.17) is 4.74 Å². The third-order valence-corrected chi connectivity index (χ3v) is 2.45. The number of thiol groups is 1. The van der Waals surface area contributed by atoms with Crippen molar-refractivity contribution in [2.45, 2.75) is 37.0 Å². The predicted molar refractivity (Wildman–Crippen MR) is 42.0 cm³/mol. The third kappa shape index (κ3) is 1.90. The van der Waals surface area contributed by atoms with Crippen LogP contribution in [0.5, 0.6) is 0 Å². The van der Waals surface area contributed by atoms with E-state index in [1.807, 2.05) is 0 Å². The number of rotatable bonds is 2. The summed E-state index contributed by atoms with van der Waals surface area (Å²) < 4.78 is 4.85. The van der Waals surface area contributed by atoms with E-state index in [1.165, 1.54) is 6.42 Å². The van der Waals surface area contributed by atoms with E-state index in [0.717, 1.165) is 25.7 Å². The molecule has 10 heavy (non-hydrogen) atoms. The van der Waals surface area contributed by atoms with Gasteiger partial charge in [-0.15, -0.1) is 12.6 Å². The molecule has 2 nitrogen and oxygen atoms in total. The monoisotopic (exact) mass is 160 g/mol. The molecule has 0 N–H and O–H groups in total. The van der Waals surface area contributed by atoms with Gasteiger partial charge in [-0.2, -0.15) is 0 Å². The summed E-state index contributed by atoms with van der Waals surface area (Å²) in [5.41, 5.74) is 0. The Kier molecular flexibility index (Phi) is 2.60. The Morgan fingerprint density at radius 2 is 1.90 bits per heavy atom. The molecule has 0 radical (unpaired) electrons. The maximum Gasteiger partial charge on any atom is 0.294 e. The molecule has 0 atom stereocenters. The van der Waals surface area contributed by atoms with Crippen molar-refractivity contribution in [3.63, 3.8) is 0 Å². The first-order valence-corrected chi connectivity index (χ1v) is 4.05. The van der Waals surface area contributed by atoms with Crippen LogP contribution in [0.3, 0.4) is 0 Å². The highest BCUT2D eigenvalue weighted by molar-refractivity contribution is 7.81. The van der Waals surface area contributed by atoms with Crippen LogP contribution in [-0.2, 0) is 9.53 Å². The van der Waals surface area contributed by atoms with Crippen LogP contribution in [0.1, 0.15) is 32.1 Å². The highest BCUT2D eigenvalue weighted by Crippen LogP contribution is 2.33. The van der Waals surface area contributed by atoms with Gasteiger partial charge < -0.3 is 4.74 Å². The van der Waals surface area contributed by atoms with Gasteiger partial charge in [-0.05, 0) is 25.7 Å². The largest absolute Gasteiger partial charge is 0.450 e. The van der Waals surface area contributed by atoms with Crippen molar-refractivity contribution in [1.82, 2.24) is 0 Å². The van der Waals surface area contributed by atoms with E-state index >= 15 is 0 Å². The van der Waals surface area contributed by atoms with Gasteiger partial charge in [-0.25, -0.2) is 0 Å². The first-order chi connectivity index (χ1) is 4.77. The van der Waals surface area contributed by atoms with Crippen molar-refractivity contribution in [2.75, 3.05) is 0 Å². The predicted octanol–water partition coefficient (Wildman–Crippen LogP) is 1.75. The molecule has 0 heterocycles. The molecule has 1 aliphatic carbocycles. The molecule has 0 aromatic carbocycles. The van der Waals surface area contributed by atoms with Gasteiger partial charge in [-0.3, -0.25) is 4.79 Å². The molecule has 0 unspecified atom stereocenters. The zero-order valence-corrected chi connectivity index (χ0v) is 6.77. The van der Waals surface area contributed by atoms with Crippen LogP contribution < -0.4 is 0 Å². The number of carbonyl (C=O) groups is 1. The molecule has 3 heteroatoms.